The van der Waals surface area contributed by atoms with Crippen LogP contribution in [0.15, 0.2) is 42.5 Å². The molecule has 0 saturated heterocycles. The van der Waals surface area contributed by atoms with E-state index in [1.54, 1.807) is 7.11 Å². The van der Waals surface area contributed by atoms with E-state index in [9.17, 15) is 0 Å². The van der Waals surface area contributed by atoms with Crippen LogP contribution in [0.5, 0.6) is 5.75 Å². The number of para-hydroxylation sites is 1. The molecule has 0 aromatic heterocycles. The maximum atomic E-state index is 6.21. The fourth-order valence-corrected chi connectivity index (χ4v) is 2.85. The molecule has 2 aromatic rings. The predicted molar refractivity (Wildman–Crippen MR) is 83.8 cm³/mol. The third kappa shape index (κ3) is 2.31. The van der Waals surface area contributed by atoms with Gasteiger partial charge in [0.2, 0.25) is 0 Å². The lowest BCUT2D eigenvalue weighted by molar-refractivity contribution is 0.415. The normalized spacial score (nSPS) is 14.6. The molecular weight excluding hydrogens is 248 g/mol. The number of hydrogen-bond donors (Lipinski definition) is 1. The van der Waals surface area contributed by atoms with Crippen molar-refractivity contribution in [3.05, 3.63) is 48.0 Å². The standard InChI is InChI=1S/C17H20N2O/c1-20-14-9-10-17(15(18)12-14)19-11-5-4-7-13-6-2-3-8-16(13)19/h2-3,6,8-10,12H,4-5,7,11,18H2,1H3. The summed E-state index contributed by atoms with van der Waals surface area (Å²) in [6.45, 7) is 1.01. The van der Waals surface area contributed by atoms with Gasteiger partial charge in [-0.1, -0.05) is 18.2 Å². The van der Waals surface area contributed by atoms with Crippen LogP contribution in [0.3, 0.4) is 0 Å². The number of nitrogens with zero attached hydrogens (tertiary/aromatic N) is 1. The molecule has 104 valence electrons. The maximum Gasteiger partial charge on any atom is 0.121 e. The van der Waals surface area contributed by atoms with Crippen molar-refractivity contribution in [2.24, 2.45) is 0 Å². The SMILES string of the molecule is COc1ccc(N2CCCCc3ccccc32)c(N)c1. The Morgan fingerprint density at radius 1 is 1.05 bits per heavy atom. The first-order chi connectivity index (χ1) is 9.79. The lowest BCUT2D eigenvalue weighted by Gasteiger charge is -2.26. The average Bonchev–Trinajstić information content (AvgIpc) is 2.69. The van der Waals surface area contributed by atoms with Crippen LogP contribution in [0.25, 0.3) is 0 Å². The molecule has 0 spiro atoms. The van der Waals surface area contributed by atoms with E-state index in [0.717, 1.165) is 30.1 Å². The van der Waals surface area contributed by atoms with Crippen molar-refractivity contribution in [3.63, 3.8) is 0 Å². The number of nitrogens with two attached hydrogens (primary N) is 1. The zero-order chi connectivity index (χ0) is 13.9. The van der Waals surface area contributed by atoms with Crippen LogP contribution in [0.1, 0.15) is 18.4 Å². The summed E-state index contributed by atoms with van der Waals surface area (Å²) in [6, 6.07) is 14.5. The van der Waals surface area contributed by atoms with Crippen molar-refractivity contribution in [1.82, 2.24) is 0 Å². The first kappa shape index (κ1) is 12.9. The van der Waals surface area contributed by atoms with Gasteiger partial charge in [-0.2, -0.15) is 0 Å². The third-order valence-corrected chi connectivity index (χ3v) is 3.89. The lowest BCUT2D eigenvalue weighted by atomic mass is 10.1. The second kappa shape index (κ2) is 5.45. The highest BCUT2D eigenvalue weighted by Gasteiger charge is 2.18. The molecule has 0 fully saturated rings. The molecule has 0 unspecified atom stereocenters. The van der Waals surface area contributed by atoms with Gasteiger partial charge in [-0.3, -0.25) is 0 Å². The molecule has 0 radical (unpaired) electrons. The summed E-state index contributed by atoms with van der Waals surface area (Å²) in [4.78, 5) is 2.33. The summed E-state index contributed by atoms with van der Waals surface area (Å²) >= 11 is 0. The number of anilines is 3. The van der Waals surface area contributed by atoms with Gasteiger partial charge < -0.3 is 15.4 Å². The second-order valence-corrected chi connectivity index (χ2v) is 5.16. The van der Waals surface area contributed by atoms with Crippen molar-refractivity contribution in [3.8, 4) is 5.75 Å². The number of fused-ring (bicyclic) bond motifs is 1. The molecule has 0 saturated carbocycles. The Morgan fingerprint density at radius 3 is 2.70 bits per heavy atom. The van der Waals surface area contributed by atoms with E-state index in [1.165, 1.54) is 24.1 Å². The summed E-state index contributed by atoms with van der Waals surface area (Å²) in [5.74, 6) is 0.800. The van der Waals surface area contributed by atoms with E-state index < -0.39 is 0 Å². The van der Waals surface area contributed by atoms with Crippen LogP contribution in [0.2, 0.25) is 0 Å². The van der Waals surface area contributed by atoms with Crippen molar-refractivity contribution < 1.29 is 4.74 Å². The molecule has 2 N–H and O–H groups in total. The molecule has 20 heavy (non-hydrogen) atoms. The third-order valence-electron chi connectivity index (χ3n) is 3.89. The Hall–Kier alpha value is -2.16. The smallest absolute Gasteiger partial charge is 0.121 e. The molecular formula is C17H20N2O. The first-order valence-corrected chi connectivity index (χ1v) is 7.08. The van der Waals surface area contributed by atoms with Gasteiger partial charge >= 0.3 is 0 Å². The molecule has 0 aliphatic carbocycles. The minimum absolute atomic E-state index is 0.765. The molecule has 1 aliphatic heterocycles. The quantitative estimate of drug-likeness (QED) is 0.843. The molecule has 0 amide bonds. The van der Waals surface area contributed by atoms with Crippen LogP contribution >= 0.6 is 0 Å². The van der Waals surface area contributed by atoms with Crippen LogP contribution in [-0.2, 0) is 6.42 Å². The van der Waals surface area contributed by atoms with Crippen molar-refractivity contribution in [1.29, 1.82) is 0 Å². The van der Waals surface area contributed by atoms with Crippen LogP contribution < -0.4 is 15.4 Å². The minimum Gasteiger partial charge on any atom is -0.497 e. The van der Waals surface area contributed by atoms with Crippen LogP contribution in [-0.4, -0.2) is 13.7 Å². The fourth-order valence-electron chi connectivity index (χ4n) is 2.85. The minimum atomic E-state index is 0.765. The van der Waals surface area contributed by atoms with Crippen LogP contribution in [0.4, 0.5) is 17.1 Å². The Labute approximate surface area is 120 Å². The summed E-state index contributed by atoms with van der Waals surface area (Å²) in [5, 5.41) is 0. The number of aryl methyl sites for hydroxylation is 1. The number of hydrogen-bond acceptors (Lipinski definition) is 3. The number of ether oxygens (including phenoxy) is 1. The van der Waals surface area contributed by atoms with Gasteiger partial charge in [0.1, 0.15) is 5.75 Å². The molecule has 0 atom stereocenters. The van der Waals surface area contributed by atoms with E-state index in [-0.39, 0.29) is 0 Å². The van der Waals surface area contributed by atoms with Gasteiger partial charge in [0, 0.05) is 18.3 Å². The van der Waals surface area contributed by atoms with Crippen molar-refractivity contribution in [2.45, 2.75) is 19.3 Å². The maximum absolute atomic E-state index is 6.21. The Bertz CT molecular complexity index is 610. The van der Waals surface area contributed by atoms with Gasteiger partial charge in [0.05, 0.1) is 18.5 Å². The summed E-state index contributed by atoms with van der Waals surface area (Å²) < 4.78 is 5.23. The summed E-state index contributed by atoms with van der Waals surface area (Å²) in [5.41, 5.74) is 10.7. The highest BCUT2D eigenvalue weighted by molar-refractivity contribution is 5.77. The topological polar surface area (TPSA) is 38.5 Å². The summed E-state index contributed by atoms with van der Waals surface area (Å²) in [6.07, 6.45) is 3.55. The van der Waals surface area contributed by atoms with E-state index in [1.807, 2.05) is 12.1 Å². The van der Waals surface area contributed by atoms with E-state index in [2.05, 4.69) is 35.2 Å². The van der Waals surface area contributed by atoms with Crippen molar-refractivity contribution >= 4 is 17.1 Å². The first-order valence-electron chi connectivity index (χ1n) is 7.08. The van der Waals surface area contributed by atoms with E-state index in [0.29, 0.717) is 0 Å². The zero-order valence-electron chi connectivity index (χ0n) is 11.8. The number of methoxy groups -OCH3 is 1. The summed E-state index contributed by atoms with van der Waals surface area (Å²) in [7, 11) is 1.66. The van der Waals surface area contributed by atoms with E-state index >= 15 is 0 Å². The van der Waals surface area contributed by atoms with Gasteiger partial charge in [-0.05, 0) is 43.0 Å². The molecule has 1 heterocycles. The van der Waals surface area contributed by atoms with Gasteiger partial charge in [-0.25, -0.2) is 0 Å². The average molecular weight is 268 g/mol. The Morgan fingerprint density at radius 2 is 1.90 bits per heavy atom. The van der Waals surface area contributed by atoms with Gasteiger partial charge in [0.15, 0.2) is 0 Å². The number of benzene rings is 2. The Kier molecular flexibility index (Phi) is 3.50. The molecule has 1 aliphatic rings. The molecule has 3 heteroatoms. The number of rotatable bonds is 2. The van der Waals surface area contributed by atoms with E-state index in [4.69, 9.17) is 10.5 Å². The predicted octanol–water partition coefficient (Wildman–Crippen LogP) is 3.75. The molecule has 3 rings (SSSR count). The monoisotopic (exact) mass is 268 g/mol. The van der Waals surface area contributed by atoms with Crippen LogP contribution in [0, 0.1) is 0 Å². The Balaban J connectivity index is 2.05. The van der Waals surface area contributed by atoms with Gasteiger partial charge in [-0.15, -0.1) is 0 Å². The highest BCUT2D eigenvalue weighted by atomic mass is 16.5. The highest BCUT2D eigenvalue weighted by Crippen LogP contribution is 2.36. The number of nitrogen functional groups attached to an aromatic ring is 1. The lowest BCUT2D eigenvalue weighted by Crippen LogP contribution is -2.19. The molecule has 2 aromatic carbocycles. The molecule has 0 bridgehead atoms. The zero-order valence-corrected chi connectivity index (χ0v) is 11.8. The van der Waals surface area contributed by atoms with Crippen molar-refractivity contribution in [2.75, 3.05) is 24.3 Å². The fraction of sp³-hybridized carbons (Fsp3) is 0.294. The molecule has 3 nitrogen and oxygen atoms in total. The van der Waals surface area contributed by atoms with Gasteiger partial charge in [0.25, 0.3) is 0 Å². The largest absolute Gasteiger partial charge is 0.497 e. The second-order valence-electron chi connectivity index (χ2n) is 5.16.